The number of anilines is 1. The van der Waals surface area contributed by atoms with Gasteiger partial charge in [0.25, 0.3) is 0 Å². The van der Waals surface area contributed by atoms with Gasteiger partial charge in [-0.3, -0.25) is 10.1 Å². The number of aryl methyl sites for hydroxylation is 1. The summed E-state index contributed by atoms with van der Waals surface area (Å²) in [6, 6.07) is 3.12. The zero-order valence-corrected chi connectivity index (χ0v) is 12.3. The summed E-state index contributed by atoms with van der Waals surface area (Å²) in [7, 11) is 0. The molecular weight excluding hydrogens is 272 g/mol. The first-order valence-corrected chi connectivity index (χ1v) is 7.35. The van der Waals surface area contributed by atoms with Crippen LogP contribution < -0.4 is 10.6 Å². The summed E-state index contributed by atoms with van der Waals surface area (Å²) in [5, 5.41) is 17.2. The Morgan fingerprint density at radius 3 is 2.95 bits per heavy atom. The van der Waals surface area contributed by atoms with Crippen molar-refractivity contribution < 1.29 is 9.66 Å². The Morgan fingerprint density at radius 2 is 2.24 bits per heavy atom. The molecule has 0 radical (unpaired) electrons. The van der Waals surface area contributed by atoms with Crippen molar-refractivity contribution in [2.75, 3.05) is 31.6 Å². The van der Waals surface area contributed by atoms with Crippen LogP contribution in [0, 0.1) is 17.0 Å². The molecule has 1 aromatic rings. The largest absolute Gasteiger partial charge is 0.378 e. The first-order chi connectivity index (χ1) is 10.2. The van der Waals surface area contributed by atoms with Crippen LogP contribution in [0.2, 0.25) is 0 Å². The summed E-state index contributed by atoms with van der Waals surface area (Å²) in [5.41, 5.74) is 0.772. The molecule has 7 nitrogen and oxygen atoms in total. The number of rotatable bonds is 7. The van der Waals surface area contributed by atoms with Crippen LogP contribution in [0.5, 0.6) is 0 Å². The third kappa shape index (κ3) is 4.95. The highest BCUT2D eigenvalue weighted by Gasteiger charge is 2.15. The Balaban J connectivity index is 1.73. The number of piperidine rings is 1. The molecule has 0 unspecified atom stereocenters. The third-order valence-corrected chi connectivity index (χ3v) is 3.46. The van der Waals surface area contributed by atoms with E-state index in [1.807, 2.05) is 6.92 Å². The molecule has 0 saturated carbocycles. The second kappa shape index (κ2) is 7.90. The fraction of sp³-hybridized carbons (Fsp3) is 0.643. The minimum Gasteiger partial charge on any atom is -0.378 e. The normalized spacial score (nSPS) is 15.9. The number of hydrogen-bond donors (Lipinski definition) is 2. The number of ether oxygens (including phenoxy) is 1. The maximum Gasteiger partial charge on any atom is 0.311 e. The van der Waals surface area contributed by atoms with Gasteiger partial charge in [0.1, 0.15) is 0 Å². The van der Waals surface area contributed by atoms with Gasteiger partial charge >= 0.3 is 5.69 Å². The fourth-order valence-corrected chi connectivity index (χ4v) is 2.32. The second-order valence-corrected chi connectivity index (χ2v) is 5.18. The summed E-state index contributed by atoms with van der Waals surface area (Å²) in [6.45, 7) is 5.12. The molecule has 116 valence electrons. The smallest absolute Gasteiger partial charge is 0.311 e. The minimum atomic E-state index is -0.416. The van der Waals surface area contributed by atoms with Crippen molar-refractivity contribution in [2.24, 2.45) is 0 Å². The molecule has 1 aliphatic rings. The van der Waals surface area contributed by atoms with Gasteiger partial charge in [0.15, 0.2) is 0 Å². The Morgan fingerprint density at radius 1 is 1.48 bits per heavy atom. The molecule has 0 spiro atoms. The number of pyridine rings is 1. The maximum absolute atomic E-state index is 10.9. The molecule has 1 aliphatic heterocycles. The predicted octanol–water partition coefficient (Wildman–Crippen LogP) is 1.87. The molecule has 2 rings (SSSR count). The van der Waals surface area contributed by atoms with E-state index in [9.17, 15) is 10.1 Å². The van der Waals surface area contributed by atoms with E-state index in [0.717, 1.165) is 38.0 Å². The molecule has 7 heteroatoms. The maximum atomic E-state index is 10.9. The van der Waals surface area contributed by atoms with Gasteiger partial charge in [-0.05, 0) is 45.3 Å². The first-order valence-electron chi connectivity index (χ1n) is 7.35. The van der Waals surface area contributed by atoms with Crippen molar-refractivity contribution in [3.63, 3.8) is 0 Å². The van der Waals surface area contributed by atoms with Gasteiger partial charge in [0, 0.05) is 24.9 Å². The van der Waals surface area contributed by atoms with Crippen LogP contribution in [0.3, 0.4) is 0 Å². The molecular formula is C14H22N4O3. The summed E-state index contributed by atoms with van der Waals surface area (Å²) in [6.07, 6.45) is 3.26. The minimum absolute atomic E-state index is 0.0138. The lowest BCUT2D eigenvalue weighted by Crippen LogP contribution is -2.32. The lowest BCUT2D eigenvalue weighted by atomic mass is 10.1. The van der Waals surface area contributed by atoms with Crippen LogP contribution in [0.1, 0.15) is 25.0 Å². The standard InChI is InChI=1S/C14H22N4O3/c1-11-3-4-13(18(19)20)14(17-11)16-7-2-10-21-12-5-8-15-9-6-12/h3-4,12,15H,2,5-10H2,1H3,(H,16,17). The average molecular weight is 294 g/mol. The molecule has 1 saturated heterocycles. The van der Waals surface area contributed by atoms with Gasteiger partial charge < -0.3 is 15.4 Å². The van der Waals surface area contributed by atoms with Crippen molar-refractivity contribution in [3.8, 4) is 0 Å². The van der Waals surface area contributed by atoms with E-state index in [4.69, 9.17) is 4.74 Å². The molecule has 0 aromatic carbocycles. The first kappa shape index (κ1) is 15.7. The van der Waals surface area contributed by atoms with Crippen LogP contribution in [0.4, 0.5) is 11.5 Å². The van der Waals surface area contributed by atoms with Crippen molar-refractivity contribution in [1.29, 1.82) is 0 Å². The molecule has 0 aliphatic carbocycles. The molecule has 0 bridgehead atoms. The number of nitrogens with zero attached hydrogens (tertiary/aromatic N) is 2. The van der Waals surface area contributed by atoms with Crippen molar-refractivity contribution in [2.45, 2.75) is 32.3 Å². The van der Waals surface area contributed by atoms with E-state index in [0.29, 0.717) is 25.1 Å². The van der Waals surface area contributed by atoms with E-state index in [-0.39, 0.29) is 5.69 Å². The zero-order valence-electron chi connectivity index (χ0n) is 12.3. The highest BCUT2D eigenvalue weighted by molar-refractivity contribution is 5.55. The van der Waals surface area contributed by atoms with Gasteiger partial charge in [-0.2, -0.15) is 0 Å². The SMILES string of the molecule is Cc1ccc([N+](=O)[O-])c(NCCCOC2CCNCC2)n1. The lowest BCUT2D eigenvalue weighted by molar-refractivity contribution is -0.384. The van der Waals surface area contributed by atoms with Crippen LogP contribution in [-0.4, -0.2) is 42.3 Å². The van der Waals surface area contributed by atoms with Crippen molar-refractivity contribution >= 4 is 11.5 Å². The Hall–Kier alpha value is -1.73. The van der Waals surface area contributed by atoms with E-state index < -0.39 is 4.92 Å². The molecule has 1 aromatic heterocycles. The molecule has 2 heterocycles. The molecule has 2 N–H and O–H groups in total. The van der Waals surface area contributed by atoms with E-state index in [1.165, 1.54) is 6.07 Å². The molecule has 0 atom stereocenters. The summed E-state index contributed by atoms with van der Waals surface area (Å²) >= 11 is 0. The van der Waals surface area contributed by atoms with Crippen molar-refractivity contribution in [1.82, 2.24) is 10.3 Å². The van der Waals surface area contributed by atoms with E-state index >= 15 is 0 Å². The average Bonchev–Trinajstić information content (AvgIpc) is 2.48. The topological polar surface area (TPSA) is 89.3 Å². The molecule has 1 fully saturated rings. The van der Waals surface area contributed by atoms with Crippen molar-refractivity contribution in [3.05, 3.63) is 27.9 Å². The summed E-state index contributed by atoms with van der Waals surface area (Å²) in [4.78, 5) is 14.7. The molecule has 0 amide bonds. The van der Waals surface area contributed by atoms with Gasteiger partial charge in [0.05, 0.1) is 11.0 Å². The zero-order chi connectivity index (χ0) is 15.1. The lowest BCUT2D eigenvalue weighted by Gasteiger charge is -2.22. The predicted molar refractivity (Wildman–Crippen MR) is 80.6 cm³/mol. The monoisotopic (exact) mass is 294 g/mol. The highest BCUT2D eigenvalue weighted by Crippen LogP contribution is 2.21. The van der Waals surface area contributed by atoms with E-state index in [2.05, 4.69) is 15.6 Å². The third-order valence-electron chi connectivity index (χ3n) is 3.46. The van der Waals surface area contributed by atoms with Crippen LogP contribution in [0.25, 0.3) is 0 Å². The van der Waals surface area contributed by atoms with Crippen LogP contribution in [-0.2, 0) is 4.74 Å². The number of nitro groups is 1. The number of nitrogens with one attached hydrogen (secondary N) is 2. The Kier molecular flexibility index (Phi) is 5.89. The molecule has 21 heavy (non-hydrogen) atoms. The van der Waals surface area contributed by atoms with Gasteiger partial charge in [-0.15, -0.1) is 0 Å². The Bertz CT molecular complexity index is 475. The Labute approximate surface area is 124 Å². The van der Waals surface area contributed by atoms with Crippen LogP contribution in [0.15, 0.2) is 12.1 Å². The highest BCUT2D eigenvalue weighted by atomic mass is 16.6. The summed E-state index contributed by atoms with van der Waals surface area (Å²) in [5.74, 6) is 0.335. The van der Waals surface area contributed by atoms with Gasteiger partial charge in [-0.1, -0.05) is 0 Å². The quantitative estimate of drug-likeness (QED) is 0.453. The number of aromatic nitrogens is 1. The van der Waals surface area contributed by atoms with E-state index in [1.54, 1.807) is 6.07 Å². The second-order valence-electron chi connectivity index (χ2n) is 5.18. The van der Waals surface area contributed by atoms with Gasteiger partial charge in [0.2, 0.25) is 5.82 Å². The van der Waals surface area contributed by atoms with Gasteiger partial charge in [-0.25, -0.2) is 4.98 Å². The number of hydrogen-bond acceptors (Lipinski definition) is 6. The fourth-order valence-electron chi connectivity index (χ4n) is 2.32. The van der Waals surface area contributed by atoms with Crippen LogP contribution >= 0.6 is 0 Å². The summed E-state index contributed by atoms with van der Waals surface area (Å²) < 4.78 is 5.79.